The van der Waals surface area contributed by atoms with Crippen molar-refractivity contribution in [3.8, 4) is 28.0 Å². The van der Waals surface area contributed by atoms with E-state index in [1.807, 2.05) is 12.1 Å². The highest BCUT2D eigenvalue weighted by Gasteiger charge is 2.25. The van der Waals surface area contributed by atoms with E-state index in [1.165, 1.54) is 35.9 Å². The second kappa shape index (κ2) is 7.90. The van der Waals surface area contributed by atoms with E-state index in [1.54, 1.807) is 0 Å². The zero-order valence-electron chi connectivity index (χ0n) is 15.9. The fourth-order valence-corrected chi connectivity index (χ4v) is 4.03. The number of fused-ring (bicyclic) bond motifs is 3. The Morgan fingerprint density at radius 3 is 2.38 bits per heavy atom. The maximum atomic E-state index is 15.3. The molecule has 1 nitrogen and oxygen atoms in total. The molecule has 0 N–H and O–H groups in total. The molecule has 0 heterocycles. The Labute approximate surface area is 167 Å². The van der Waals surface area contributed by atoms with Crippen LogP contribution in [-0.4, -0.2) is 6.61 Å². The summed E-state index contributed by atoms with van der Waals surface area (Å²) in [6, 6.07) is 12.8. The summed E-state index contributed by atoms with van der Waals surface area (Å²) in [5.41, 5.74) is 4.45. The Morgan fingerprint density at radius 2 is 1.69 bits per heavy atom. The van der Waals surface area contributed by atoms with Crippen molar-refractivity contribution in [2.24, 2.45) is 0 Å². The molecule has 0 aromatic heterocycles. The van der Waals surface area contributed by atoms with Gasteiger partial charge in [0.2, 0.25) is 0 Å². The summed E-state index contributed by atoms with van der Waals surface area (Å²) >= 11 is 0. The van der Waals surface area contributed by atoms with Crippen molar-refractivity contribution in [3.63, 3.8) is 0 Å². The number of benzene rings is 3. The summed E-state index contributed by atoms with van der Waals surface area (Å²) in [5.74, 6) is -1.32. The molecule has 0 saturated heterocycles. The van der Waals surface area contributed by atoms with Crippen LogP contribution in [-0.2, 0) is 19.3 Å². The minimum absolute atomic E-state index is 0.0562. The molecule has 0 spiro atoms. The summed E-state index contributed by atoms with van der Waals surface area (Å²) in [6.07, 6.45) is 3.21. The van der Waals surface area contributed by atoms with Crippen LogP contribution in [0.5, 0.6) is 5.75 Å². The van der Waals surface area contributed by atoms with Crippen LogP contribution < -0.4 is 4.74 Å². The van der Waals surface area contributed by atoms with Gasteiger partial charge in [-0.05, 0) is 70.8 Å². The van der Waals surface area contributed by atoms with Crippen molar-refractivity contribution in [2.45, 2.75) is 39.2 Å². The SMILES string of the molecule is CCCc1ccc2c(c1)CCc1c-2cc(F)c(-c2ccc(OC(F)F)cc2)c1F. The average Bonchev–Trinajstić information content (AvgIpc) is 2.69. The molecule has 3 aromatic carbocycles. The van der Waals surface area contributed by atoms with Crippen molar-refractivity contribution in [3.05, 3.63) is 76.9 Å². The van der Waals surface area contributed by atoms with Gasteiger partial charge in [0.1, 0.15) is 17.4 Å². The van der Waals surface area contributed by atoms with Crippen molar-refractivity contribution >= 4 is 0 Å². The second-order valence-corrected chi connectivity index (χ2v) is 7.22. The zero-order chi connectivity index (χ0) is 20.5. The molecular formula is C24H20F4O. The van der Waals surface area contributed by atoms with E-state index in [0.29, 0.717) is 24.0 Å². The maximum Gasteiger partial charge on any atom is 0.387 e. The van der Waals surface area contributed by atoms with Crippen molar-refractivity contribution in [1.29, 1.82) is 0 Å². The van der Waals surface area contributed by atoms with Crippen molar-refractivity contribution in [1.82, 2.24) is 0 Å². The Hall–Kier alpha value is -2.82. The van der Waals surface area contributed by atoms with Crippen LogP contribution >= 0.6 is 0 Å². The summed E-state index contributed by atoms with van der Waals surface area (Å²) in [4.78, 5) is 0. The quantitative estimate of drug-likeness (QED) is 0.421. The molecule has 0 unspecified atom stereocenters. The highest BCUT2D eigenvalue weighted by atomic mass is 19.3. The third-order valence-corrected chi connectivity index (χ3v) is 5.33. The first-order valence-corrected chi connectivity index (χ1v) is 9.66. The van der Waals surface area contributed by atoms with Crippen LogP contribution in [0.3, 0.4) is 0 Å². The third-order valence-electron chi connectivity index (χ3n) is 5.33. The summed E-state index contributed by atoms with van der Waals surface area (Å²) < 4.78 is 59.2. The molecule has 0 fully saturated rings. The molecule has 0 aliphatic heterocycles. The highest BCUT2D eigenvalue weighted by molar-refractivity contribution is 5.78. The van der Waals surface area contributed by atoms with E-state index in [9.17, 15) is 13.2 Å². The summed E-state index contributed by atoms with van der Waals surface area (Å²) in [6.45, 7) is -0.830. The molecule has 29 heavy (non-hydrogen) atoms. The second-order valence-electron chi connectivity index (χ2n) is 7.22. The zero-order valence-corrected chi connectivity index (χ0v) is 15.9. The van der Waals surface area contributed by atoms with E-state index in [4.69, 9.17) is 0 Å². The minimum atomic E-state index is -2.95. The van der Waals surface area contributed by atoms with Crippen LogP contribution in [0.2, 0.25) is 0 Å². The number of ether oxygens (including phenoxy) is 1. The molecule has 1 aliphatic rings. The lowest BCUT2D eigenvalue weighted by atomic mass is 9.82. The topological polar surface area (TPSA) is 9.23 Å². The summed E-state index contributed by atoms with van der Waals surface area (Å²) in [5, 5.41) is 0. The van der Waals surface area contributed by atoms with E-state index < -0.39 is 18.2 Å². The van der Waals surface area contributed by atoms with Gasteiger partial charge in [-0.15, -0.1) is 0 Å². The van der Waals surface area contributed by atoms with Gasteiger partial charge >= 0.3 is 6.61 Å². The van der Waals surface area contributed by atoms with E-state index in [2.05, 4.69) is 17.7 Å². The van der Waals surface area contributed by atoms with E-state index in [0.717, 1.165) is 24.0 Å². The van der Waals surface area contributed by atoms with Gasteiger partial charge in [-0.2, -0.15) is 8.78 Å². The molecule has 1 aliphatic carbocycles. The number of hydrogen-bond donors (Lipinski definition) is 0. The van der Waals surface area contributed by atoms with Gasteiger partial charge in [0.05, 0.1) is 5.56 Å². The lowest BCUT2D eigenvalue weighted by molar-refractivity contribution is -0.0498. The monoisotopic (exact) mass is 400 g/mol. The molecule has 0 bridgehead atoms. The number of alkyl halides is 2. The predicted molar refractivity (Wildman–Crippen MR) is 105 cm³/mol. The highest BCUT2D eigenvalue weighted by Crippen LogP contribution is 2.40. The molecule has 0 atom stereocenters. The number of halogens is 4. The molecule has 0 radical (unpaired) electrons. The predicted octanol–water partition coefficient (Wildman–Crippen LogP) is 6.95. The van der Waals surface area contributed by atoms with Gasteiger partial charge in [0.25, 0.3) is 0 Å². The average molecular weight is 400 g/mol. The van der Waals surface area contributed by atoms with Crippen molar-refractivity contribution < 1.29 is 22.3 Å². The molecule has 0 amide bonds. The molecular weight excluding hydrogens is 380 g/mol. The molecule has 3 aromatic rings. The Bertz CT molecular complexity index is 1040. The van der Waals surface area contributed by atoms with Crippen LogP contribution in [0.15, 0.2) is 48.5 Å². The van der Waals surface area contributed by atoms with E-state index >= 15 is 4.39 Å². The normalized spacial score (nSPS) is 12.6. The standard InChI is InChI=1S/C24H20F4O/c1-2-3-14-4-10-18-16(12-14)7-11-19-20(18)13-21(25)22(23(19)26)15-5-8-17(9-6-15)29-24(27)28/h4-6,8-10,12-13,24H,2-3,7,11H2,1H3. The fraction of sp³-hybridized carbons (Fsp3) is 0.250. The van der Waals surface area contributed by atoms with E-state index in [-0.39, 0.29) is 16.9 Å². The van der Waals surface area contributed by atoms with Gasteiger partial charge in [0, 0.05) is 0 Å². The number of hydrogen-bond acceptors (Lipinski definition) is 1. The van der Waals surface area contributed by atoms with Crippen molar-refractivity contribution in [2.75, 3.05) is 0 Å². The first-order valence-electron chi connectivity index (χ1n) is 9.66. The van der Waals surface area contributed by atoms with Crippen LogP contribution in [0, 0.1) is 11.6 Å². The van der Waals surface area contributed by atoms with Crippen LogP contribution in [0.1, 0.15) is 30.0 Å². The Kier molecular flexibility index (Phi) is 5.31. The van der Waals surface area contributed by atoms with Gasteiger partial charge in [0.15, 0.2) is 0 Å². The minimum Gasteiger partial charge on any atom is -0.435 e. The number of rotatable bonds is 5. The van der Waals surface area contributed by atoms with Gasteiger partial charge < -0.3 is 4.74 Å². The first kappa shape index (κ1) is 19.5. The largest absolute Gasteiger partial charge is 0.435 e. The van der Waals surface area contributed by atoms with Gasteiger partial charge in [-0.1, -0.05) is 43.7 Å². The lowest BCUT2D eigenvalue weighted by Crippen LogP contribution is -2.09. The third kappa shape index (κ3) is 3.74. The fourth-order valence-electron chi connectivity index (χ4n) is 4.03. The molecule has 0 saturated carbocycles. The van der Waals surface area contributed by atoms with Gasteiger partial charge in [-0.3, -0.25) is 0 Å². The Morgan fingerprint density at radius 1 is 0.931 bits per heavy atom. The summed E-state index contributed by atoms with van der Waals surface area (Å²) in [7, 11) is 0. The maximum absolute atomic E-state index is 15.3. The molecule has 150 valence electrons. The lowest BCUT2D eigenvalue weighted by Gasteiger charge is -2.23. The smallest absolute Gasteiger partial charge is 0.387 e. The van der Waals surface area contributed by atoms with Gasteiger partial charge in [-0.25, -0.2) is 8.78 Å². The Balaban J connectivity index is 1.75. The van der Waals surface area contributed by atoms with Crippen LogP contribution in [0.25, 0.3) is 22.3 Å². The molecule has 4 rings (SSSR count). The first-order chi connectivity index (χ1) is 14.0. The molecule has 5 heteroatoms. The van der Waals surface area contributed by atoms with Crippen LogP contribution in [0.4, 0.5) is 17.6 Å². The number of aryl methyl sites for hydroxylation is 2.